The molecule has 57 heavy (non-hydrogen) atoms. The Morgan fingerprint density at radius 2 is 0.789 bits per heavy atom. The minimum Gasteiger partial charge on any atom is -0.309 e. The van der Waals surface area contributed by atoms with Gasteiger partial charge in [0.1, 0.15) is 0 Å². The molecule has 9 aromatic carbocycles. The Bertz CT molecular complexity index is 4660. The van der Waals surface area contributed by atoms with Crippen molar-refractivity contribution in [1.29, 1.82) is 0 Å². The highest BCUT2D eigenvalue weighted by Crippen LogP contribution is 2.41. The molecule has 0 bridgehead atoms. The maximum absolute atomic E-state index is 9.89. The van der Waals surface area contributed by atoms with Crippen LogP contribution in [0, 0.1) is 0 Å². The molecule has 0 unspecified atom stereocenters. The standard InChI is InChI=1S/C54H35N3/c1-2-14-36(15-3-1)37-28-30-38(31-29-37)39-16-12-17-40(34-39)55-47-22-8-6-20-44(47)46-35-41(32-33-51(46)55)56-50-25-11-7-21-45(50)54-52(56)26-13-27-53(54)57-48-23-9-4-18-42(48)43-19-5-10-24-49(43)57/h1-35H/i4D,5D,6D,7D,8D,9D,10D,11D,13D,18D,19D,20D,21D,22D,23D,24D,25D,26D,27D,32D,33D. The van der Waals surface area contributed by atoms with Crippen LogP contribution in [-0.4, -0.2) is 13.7 Å². The fourth-order valence-electron chi connectivity index (χ4n) is 7.88. The van der Waals surface area contributed by atoms with Crippen LogP contribution in [0.3, 0.4) is 0 Å². The average Bonchev–Trinajstić information content (AvgIpc) is 3.06. The van der Waals surface area contributed by atoms with Gasteiger partial charge in [0.15, 0.2) is 0 Å². The Hall–Kier alpha value is -7.62. The van der Waals surface area contributed by atoms with Crippen LogP contribution >= 0.6 is 0 Å². The first kappa shape index (κ1) is 17.5. The third-order valence-electron chi connectivity index (χ3n) is 10.4. The van der Waals surface area contributed by atoms with Gasteiger partial charge in [0.05, 0.1) is 67.6 Å². The lowest BCUT2D eigenvalue weighted by Gasteiger charge is -2.13. The van der Waals surface area contributed by atoms with E-state index in [4.69, 9.17) is 13.7 Å². The van der Waals surface area contributed by atoms with E-state index in [9.17, 15) is 15.1 Å². The van der Waals surface area contributed by atoms with Gasteiger partial charge in [-0.3, -0.25) is 0 Å². The minimum atomic E-state index is -0.882. The Kier molecular flexibility index (Phi) is 3.81. The molecule has 0 amide bonds. The van der Waals surface area contributed by atoms with Gasteiger partial charge in [0.2, 0.25) is 0 Å². The molecule has 12 rings (SSSR count). The van der Waals surface area contributed by atoms with Crippen molar-refractivity contribution in [3.63, 3.8) is 0 Å². The zero-order valence-corrected chi connectivity index (χ0v) is 29.4. The fourth-order valence-corrected chi connectivity index (χ4v) is 7.88. The van der Waals surface area contributed by atoms with Gasteiger partial charge >= 0.3 is 0 Å². The molecule has 0 fully saturated rings. The van der Waals surface area contributed by atoms with Crippen LogP contribution in [0.25, 0.3) is 105 Å². The van der Waals surface area contributed by atoms with Crippen molar-refractivity contribution in [3.05, 3.63) is 212 Å². The molecule has 0 N–H and O–H groups in total. The number of para-hydroxylation sites is 4. The molecule has 0 saturated carbocycles. The van der Waals surface area contributed by atoms with E-state index < -0.39 is 176 Å². The quantitative estimate of drug-likeness (QED) is 0.167. The first-order chi connectivity index (χ1) is 37.0. The second-order valence-electron chi connectivity index (χ2n) is 13.4. The van der Waals surface area contributed by atoms with Crippen molar-refractivity contribution in [2.24, 2.45) is 0 Å². The molecular formula is C54H35N3. The van der Waals surface area contributed by atoms with Crippen LogP contribution in [0.5, 0.6) is 0 Å². The second kappa shape index (κ2) is 12.5. The molecule has 3 nitrogen and oxygen atoms in total. The van der Waals surface area contributed by atoms with Crippen molar-refractivity contribution >= 4 is 65.4 Å². The fraction of sp³-hybridized carbons (Fsp3) is 0. The van der Waals surface area contributed by atoms with Gasteiger partial charge in [-0.25, -0.2) is 0 Å². The van der Waals surface area contributed by atoms with Gasteiger partial charge in [-0.05, 0) is 88.8 Å². The summed E-state index contributed by atoms with van der Waals surface area (Å²) in [5.41, 5.74) is 0.836. The number of hydrogen-bond acceptors (Lipinski definition) is 0. The molecule has 0 radical (unpaired) electrons. The smallest absolute Gasteiger partial charge is 0.0646 e. The van der Waals surface area contributed by atoms with E-state index in [0.717, 1.165) is 25.8 Å². The molecule has 0 spiro atoms. The lowest BCUT2D eigenvalue weighted by atomic mass is 10.00. The number of hydrogen-bond donors (Lipinski definition) is 0. The van der Waals surface area contributed by atoms with Gasteiger partial charge in [-0.2, -0.15) is 0 Å². The molecule has 3 heterocycles. The van der Waals surface area contributed by atoms with Gasteiger partial charge in [0.25, 0.3) is 0 Å². The maximum Gasteiger partial charge on any atom is 0.0646 e. The van der Waals surface area contributed by atoms with E-state index in [1.165, 1.54) is 10.6 Å². The summed E-state index contributed by atoms with van der Waals surface area (Å²) < 4.78 is 196. The largest absolute Gasteiger partial charge is 0.309 e. The Morgan fingerprint density at radius 3 is 1.47 bits per heavy atom. The molecule has 0 aliphatic rings. The number of benzene rings is 9. The molecule has 3 heteroatoms. The minimum absolute atomic E-state index is 0.0224. The lowest BCUT2D eigenvalue weighted by Crippen LogP contribution is -1.97. The molecule has 266 valence electrons. The van der Waals surface area contributed by atoms with E-state index in [1.54, 1.807) is 18.2 Å². The monoisotopic (exact) mass is 746 g/mol. The SMILES string of the molecule is [2H]c1c([2H])c([2H])c2c(c1[2H])c1cc(-n3c4c([2H])c([2H])c([2H])c([2H])c4c4c(-n5c6c([2H])c([2H])c([2H])c([2H])c6c6c([2H])c([2H])c([2H])c([2H])c65)c([2H])c([2H])c([2H])c43)c([2H])c([2H])c1n2-c1cccc(-c2ccc(-c3ccccc3)cc2)c1. The van der Waals surface area contributed by atoms with Crippen molar-refractivity contribution in [3.8, 4) is 39.3 Å². The highest BCUT2D eigenvalue weighted by molar-refractivity contribution is 6.17. The van der Waals surface area contributed by atoms with Crippen molar-refractivity contribution in [1.82, 2.24) is 13.7 Å². The predicted octanol–water partition coefficient (Wildman–Crippen LogP) is 14.3. The van der Waals surface area contributed by atoms with E-state index in [1.807, 2.05) is 60.7 Å². The van der Waals surface area contributed by atoms with Gasteiger partial charge in [-0.15, -0.1) is 0 Å². The first-order valence-electron chi connectivity index (χ1n) is 28.4. The van der Waals surface area contributed by atoms with E-state index in [-0.39, 0.29) is 27.5 Å². The van der Waals surface area contributed by atoms with Crippen LogP contribution in [0.15, 0.2) is 212 Å². The van der Waals surface area contributed by atoms with Crippen LogP contribution < -0.4 is 0 Å². The highest BCUT2D eigenvalue weighted by Gasteiger charge is 2.20. The Labute approximate surface area is 359 Å². The Balaban J connectivity index is 1.24. The summed E-state index contributed by atoms with van der Waals surface area (Å²) in [5.74, 6) is 0. The van der Waals surface area contributed by atoms with E-state index in [0.29, 0.717) is 11.3 Å². The molecule has 3 aromatic heterocycles. The van der Waals surface area contributed by atoms with Crippen molar-refractivity contribution in [2.45, 2.75) is 0 Å². The third kappa shape index (κ3) is 4.79. The van der Waals surface area contributed by atoms with Crippen LogP contribution in [0.2, 0.25) is 0 Å². The summed E-state index contributed by atoms with van der Waals surface area (Å²) >= 11 is 0. The predicted molar refractivity (Wildman–Crippen MR) is 240 cm³/mol. The van der Waals surface area contributed by atoms with Gasteiger partial charge in [0, 0.05) is 43.7 Å². The summed E-state index contributed by atoms with van der Waals surface area (Å²) in [6.45, 7) is 0. The molecule has 0 saturated heterocycles. The summed E-state index contributed by atoms with van der Waals surface area (Å²) in [7, 11) is 0. The topological polar surface area (TPSA) is 14.8 Å². The summed E-state index contributed by atoms with van der Waals surface area (Å²) in [6.07, 6.45) is 0. The molecule has 12 aromatic rings. The molecule has 0 aliphatic heterocycles. The maximum atomic E-state index is 9.89. The van der Waals surface area contributed by atoms with Crippen LogP contribution in [-0.2, 0) is 0 Å². The molecule has 0 atom stereocenters. The number of nitrogens with zero attached hydrogens (tertiary/aromatic N) is 3. The Morgan fingerprint density at radius 1 is 0.298 bits per heavy atom. The summed E-state index contributed by atoms with van der Waals surface area (Å²) in [5, 5.41) is -1.77. The normalized spacial score (nSPS) is 17.0. The summed E-state index contributed by atoms with van der Waals surface area (Å²) in [6, 6.07) is 10.6. The second-order valence-corrected chi connectivity index (χ2v) is 13.4. The van der Waals surface area contributed by atoms with Gasteiger partial charge < -0.3 is 13.7 Å². The number of rotatable bonds is 5. The van der Waals surface area contributed by atoms with Crippen molar-refractivity contribution in [2.75, 3.05) is 0 Å². The van der Waals surface area contributed by atoms with Crippen molar-refractivity contribution < 1.29 is 28.8 Å². The van der Waals surface area contributed by atoms with Crippen LogP contribution in [0.4, 0.5) is 0 Å². The number of fused-ring (bicyclic) bond motifs is 9. The summed E-state index contributed by atoms with van der Waals surface area (Å²) in [4.78, 5) is 0. The molecular weight excluding hydrogens is 691 g/mol. The highest BCUT2D eigenvalue weighted by atomic mass is 15.0. The number of aromatic nitrogens is 3. The average molecular weight is 747 g/mol. The van der Waals surface area contributed by atoms with Crippen LogP contribution in [0.1, 0.15) is 28.8 Å². The van der Waals surface area contributed by atoms with E-state index >= 15 is 0 Å². The van der Waals surface area contributed by atoms with Gasteiger partial charge in [-0.1, -0.05) is 145 Å². The zero-order valence-electron chi connectivity index (χ0n) is 50.4. The zero-order chi connectivity index (χ0) is 55.7. The first-order valence-corrected chi connectivity index (χ1v) is 17.9. The molecule has 0 aliphatic carbocycles. The third-order valence-corrected chi connectivity index (χ3v) is 10.4. The van der Waals surface area contributed by atoms with E-state index in [2.05, 4.69) is 0 Å². The lowest BCUT2D eigenvalue weighted by molar-refractivity contribution is 1.16.